The molecule has 1 saturated heterocycles. The lowest BCUT2D eigenvalue weighted by Crippen LogP contribution is -2.31. The van der Waals surface area contributed by atoms with E-state index in [1.54, 1.807) is 0 Å². The minimum Gasteiger partial charge on any atom is -0.475 e. The number of alkyl halides is 3. The Balaban J connectivity index is 0.000000370. The van der Waals surface area contributed by atoms with Crippen molar-refractivity contribution >= 4 is 11.9 Å². The molecule has 9 heteroatoms. The molecule has 1 aliphatic rings. The van der Waals surface area contributed by atoms with Crippen LogP contribution in [0.3, 0.4) is 0 Å². The van der Waals surface area contributed by atoms with Gasteiger partial charge in [-0.15, -0.1) is 0 Å². The van der Waals surface area contributed by atoms with Crippen LogP contribution in [0.1, 0.15) is 43.1 Å². The second kappa shape index (κ2) is 8.67. The summed E-state index contributed by atoms with van der Waals surface area (Å²) in [6.07, 6.45) is -2.64. The third kappa shape index (κ3) is 5.58. The highest BCUT2D eigenvalue weighted by Gasteiger charge is 2.38. The Bertz CT molecular complexity index is 891. The monoisotopic (exact) mass is 411 g/mol. The number of amides is 1. The highest BCUT2D eigenvalue weighted by atomic mass is 19.4. The van der Waals surface area contributed by atoms with Gasteiger partial charge in [-0.3, -0.25) is 4.79 Å². The van der Waals surface area contributed by atoms with Gasteiger partial charge in [0, 0.05) is 30.5 Å². The first-order chi connectivity index (χ1) is 13.4. The van der Waals surface area contributed by atoms with E-state index in [9.17, 15) is 18.0 Å². The number of aromatic amines is 1. The number of benzene rings is 1. The number of aliphatic carboxylic acids is 1. The van der Waals surface area contributed by atoms with E-state index in [1.807, 2.05) is 11.1 Å². The number of carboxylic acid groups (broad SMARTS) is 1. The molecule has 2 heterocycles. The summed E-state index contributed by atoms with van der Waals surface area (Å²) >= 11 is 0. The third-order valence-corrected chi connectivity index (χ3v) is 4.69. The number of halogens is 3. The molecule has 1 aromatic heterocycles. The van der Waals surface area contributed by atoms with Gasteiger partial charge in [0.15, 0.2) is 0 Å². The minimum atomic E-state index is -5.08. The molecular weight excluding hydrogens is 387 g/mol. The number of aromatic nitrogens is 2. The van der Waals surface area contributed by atoms with E-state index in [0.29, 0.717) is 6.42 Å². The summed E-state index contributed by atoms with van der Waals surface area (Å²) < 4.78 is 31.7. The summed E-state index contributed by atoms with van der Waals surface area (Å²) in [6.45, 7) is 9.08. The van der Waals surface area contributed by atoms with Crippen molar-refractivity contribution < 1.29 is 27.9 Å². The lowest BCUT2D eigenvalue weighted by molar-refractivity contribution is -0.192. The number of carbonyl (C=O) groups excluding carboxylic acids is 1. The van der Waals surface area contributed by atoms with Gasteiger partial charge in [0.05, 0.1) is 11.9 Å². The van der Waals surface area contributed by atoms with Gasteiger partial charge in [0.2, 0.25) is 5.91 Å². The Morgan fingerprint density at radius 1 is 1.31 bits per heavy atom. The molecule has 1 aliphatic heterocycles. The Hall–Kier alpha value is -2.84. The quantitative estimate of drug-likeness (QED) is 0.798. The molecule has 158 valence electrons. The Kier molecular flexibility index (Phi) is 6.71. The smallest absolute Gasteiger partial charge is 0.475 e. The number of hydrogen-bond acceptors (Lipinski definition) is 3. The van der Waals surface area contributed by atoms with E-state index in [2.05, 4.69) is 55.9 Å². The maximum absolute atomic E-state index is 12.1. The van der Waals surface area contributed by atoms with Crippen LogP contribution in [0, 0.1) is 13.8 Å². The van der Waals surface area contributed by atoms with Crippen molar-refractivity contribution in [2.45, 2.75) is 52.3 Å². The van der Waals surface area contributed by atoms with Crippen molar-refractivity contribution in [2.24, 2.45) is 0 Å². The number of H-pyrrole nitrogens is 1. The molecule has 0 bridgehead atoms. The summed E-state index contributed by atoms with van der Waals surface area (Å²) in [6, 6.07) is 6.68. The third-order valence-electron chi connectivity index (χ3n) is 4.69. The molecule has 1 fully saturated rings. The van der Waals surface area contributed by atoms with Crippen LogP contribution in [0.15, 0.2) is 24.4 Å². The fourth-order valence-electron chi connectivity index (χ4n) is 3.12. The van der Waals surface area contributed by atoms with Gasteiger partial charge in [-0.1, -0.05) is 17.7 Å². The van der Waals surface area contributed by atoms with Gasteiger partial charge < -0.3 is 15.0 Å². The first-order valence-electron chi connectivity index (χ1n) is 9.12. The van der Waals surface area contributed by atoms with Crippen LogP contribution in [-0.4, -0.2) is 50.6 Å². The molecule has 2 N–H and O–H groups in total. The SMILES string of the molecule is Cc1ccc(C)c(-c2cnc(C3CC(=O)N(C(C)C)C3)[nH]2)c1.O=C(O)C(F)(F)F. The number of nitrogens with one attached hydrogen (secondary N) is 1. The van der Waals surface area contributed by atoms with Crippen LogP contribution in [0.5, 0.6) is 0 Å². The van der Waals surface area contributed by atoms with Gasteiger partial charge in [0.1, 0.15) is 5.82 Å². The second-order valence-electron chi connectivity index (χ2n) is 7.34. The van der Waals surface area contributed by atoms with Crippen LogP contribution in [0.4, 0.5) is 13.2 Å². The maximum atomic E-state index is 12.1. The zero-order valence-corrected chi connectivity index (χ0v) is 16.7. The summed E-state index contributed by atoms with van der Waals surface area (Å²) in [7, 11) is 0. The fraction of sp³-hybridized carbons (Fsp3) is 0.450. The molecule has 3 rings (SSSR count). The number of nitrogens with zero attached hydrogens (tertiary/aromatic N) is 2. The van der Waals surface area contributed by atoms with E-state index < -0.39 is 12.1 Å². The first-order valence-corrected chi connectivity index (χ1v) is 9.12. The number of likely N-dealkylation sites (tertiary alicyclic amines) is 1. The van der Waals surface area contributed by atoms with Crippen molar-refractivity contribution in [2.75, 3.05) is 6.54 Å². The van der Waals surface area contributed by atoms with E-state index in [-0.39, 0.29) is 17.9 Å². The van der Waals surface area contributed by atoms with Crippen LogP contribution in [0.25, 0.3) is 11.3 Å². The summed E-state index contributed by atoms with van der Waals surface area (Å²) in [5.41, 5.74) is 4.68. The fourth-order valence-corrected chi connectivity index (χ4v) is 3.12. The van der Waals surface area contributed by atoms with Gasteiger partial charge in [0.25, 0.3) is 0 Å². The predicted molar refractivity (Wildman–Crippen MR) is 101 cm³/mol. The van der Waals surface area contributed by atoms with Crippen LogP contribution >= 0.6 is 0 Å². The highest BCUT2D eigenvalue weighted by molar-refractivity contribution is 5.80. The van der Waals surface area contributed by atoms with Crippen molar-refractivity contribution in [3.63, 3.8) is 0 Å². The molecular formula is C20H24F3N3O3. The molecule has 0 spiro atoms. The van der Waals surface area contributed by atoms with Crippen molar-refractivity contribution in [3.05, 3.63) is 41.3 Å². The topological polar surface area (TPSA) is 86.3 Å². The van der Waals surface area contributed by atoms with Crippen LogP contribution in [-0.2, 0) is 9.59 Å². The first kappa shape index (κ1) is 22.4. The summed E-state index contributed by atoms with van der Waals surface area (Å²) in [4.78, 5) is 30.9. The Labute approximate surface area is 166 Å². The Morgan fingerprint density at radius 2 is 1.93 bits per heavy atom. The van der Waals surface area contributed by atoms with Gasteiger partial charge in [-0.2, -0.15) is 13.2 Å². The number of carboxylic acids is 1. The Morgan fingerprint density at radius 3 is 2.45 bits per heavy atom. The summed E-state index contributed by atoms with van der Waals surface area (Å²) in [5.74, 6) is -1.43. The summed E-state index contributed by atoms with van der Waals surface area (Å²) in [5, 5.41) is 7.12. The van der Waals surface area contributed by atoms with E-state index in [4.69, 9.17) is 9.90 Å². The average Bonchev–Trinajstić information content (AvgIpc) is 3.23. The molecule has 1 atom stereocenters. The maximum Gasteiger partial charge on any atom is 0.490 e. The number of carbonyl (C=O) groups is 2. The average molecular weight is 411 g/mol. The molecule has 2 aromatic rings. The van der Waals surface area contributed by atoms with Crippen molar-refractivity contribution in [1.29, 1.82) is 0 Å². The van der Waals surface area contributed by atoms with Gasteiger partial charge >= 0.3 is 12.1 Å². The normalized spacial score (nSPS) is 16.8. The number of imidazole rings is 1. The van der Waals surface area contributed by atoms with Gasteiger partial charge in [-0.25, -0.2) is 9.78 Å². The highest BCUT2D eigenvalue weighted by Crippen LogP contribution is 2.30. The predicted octanol–water partition coefficient (Wildman–Crippen LogP) is 4.05. The standard InChI is InChI=1S/C18H23N3O.C2HF3O2/c1-11(2)21-10-14(8-17(21)22)18-19-9-16(20-18)15-7-12(3)5-6-13(15)4;3-2(4,5)1(6)7/h5-7,9,11,14H,8,10H2,1-4H3,(H,19,20);(H,6,7). The lowest BCUT2D eigenvalue weighted by Gasteiger charge is -2.20. The molecule has 1 amide bonds. The van der Waals surface area contributed by atoms with Gasteiger partial charge in [-0.05, 0) is 39.3 Å². The molecule has 29 heavy (non-hydrogen) atoms. The number of aryl methyl sites for hydroxylation is 2. The van der Waals surface area contributed by atoms with Crippen LogP contribution < -0.4 is 0 Å². The number of rotatable bonds is 3. The molecule has 1 aromatic carbocycles. The van der Waals surface area contributed by atoms with E-state index >= 15 is 0 Å². The lowest BCUT2D eigenvalue weighted by atomic mass is 10.0. The zero-order chi connectivity index (χ0) is 21.9. The minimum absolute atomic E-state index is 0.175. The van der Waals surface area contributed by atoms with Crippen LogP contribution in [0.2, 0.25) is 0 Å². The molecule has 0 aliphatic carbocycles. The molecule has 0 saturated carbocycles. The largest absolute Gasteiger partial charge is 0.490 e. The van der Waals surface area contributed by atoms with Crippen molar-refractivity contribution in [1.82, 2.24) is 14.9 Å². The van der Waals surface area contributed by atoms with Crippen molar-refractivity contribution in [3.8, 4) is 11.3 Å². The molecule has 6 nitrogen and oxygen atoms in total. The second-order valence-corrected chi connectivity index (χ2v) is 7.34. The molecule has 1 unspecified atom stereocenters. The van der Waals surface area contributed by atoms with E-state index in [1.165, 1.54) is 16.7 Å². The molecule has 0 radical (unpaired) electrons. The zero-order valence-electron chi connectivity index (χ0n) is 16.7. The van der Waals surface area contributed by atoms with E-state index in [0.717, 1.165) is 18.1 Å². The number of hydrogen-bond donors (Lipinski definition) is 2.